The molecule has 2 aromatic heterocycles. The Kier molecular flexibility index (Phi) is 11.2. The molecule has 2 aliphatic carbocycles. The second-order valence-electron chi connectivity index (χ2n) is 15.5. The second-order valence-corrected chi connectivity index (χ2v) is 15.5. The smallest absolute Gasteiger partial charge is 0.160 e. The van der Waals surface area contributed by atoms with E-state index in [4.69, 9.17) is 9.97 Å². The van der Waals surface area contributed by atoms with Gasteiger partial charge in [-0.15, -0.1) is 0 Å². The highest BCUT2D eigenvalue weighted by atomic mass is 15.0. The molecule has 3 aliphatic rings. The summed E-state index contributed by atoms with van der Waals surface area (Å²) in [4.78, 5) is 10.2. The molecule has 61 heavy (non-hydrogen) atoms. The first-order valence-electron chi connectivity index (χ1n) is 21.9. The SMILES string of the molecule is C=C/C(=C\C)c1nc(-c2ccc(-n3c4ccc(-c5ccc6c(c5)-c5ccccc5NC(=C\C)/C=C\CC6)cc4c4c5c(ccc43)C=CCC5)cc2)nc2c1C=CCC=C2.CC. The van der Waals surface area contributed by atoms with Gasteiger partial charge in [0.2, 0.25) is 0 Å². The van der Waals surface area contributed by atoms with E-state index < -0.39 is 0 Å². The first-order valence-corrected chi connectivity index (χ1v) is 21.9. The first-order chi connectivity index (χ1) is 30.1. The molecule has 0 saturated heterocycles. The molecule has 0 radical (unpaired) electrons. The molecule has 1 aliphatic heterocycles. The summed E-state index contributed by atoms with van der Waals surface area (Å²) in [5.74, 6) is 0.707. The number of benzene rings is 5. The number of nitrogens with one attached hydrogen (secondary N) is 1. The molecule has 4 nitrogen and oxygen atoms in total. The molecule has 0 fully saturated rings. The lowest BCUT2D eigenvalue weighted by Gasteiger charge is -2.18. The standard InChI is InChI=1S/C55H46N4.C2H6/c1-4-36(5-2)54-46-21-8-7-9-22-50(46)57-55(58-54)39-26-30-43(31-27-39)59-51-32-29-41(35-48(51)53-44-19-13-11-16-37(44)28-33-52(53)59)40-25-24-38-17-10-12-18-42(6-3)56-49-23-15-14-20-45(49)47(38)34-40;1-2/h4-6,8-9,11-12,14-16,18,20-35,56H,1,7,10,13,17,19H2,2-3H3;1-2H3/b18-12-,36-5+,42-6-;. The largest absolute Gasteiger partial charge is 0.355 e. The number of hydrogen-bond acceptors (Lipinski definition) is 3. The fourth-order valence-corrected chi connectivity index (χ4v) is 9.07. The van der Waals surface area contributed by atoms with Gasteiger partial charge in [-0.2, -0.15) is 0 Å². The fraction of sp³-hybridized carbons (Fsp3) is 0.158. The predicted molar refractivity (Wildman–Crippen MR) is 263 cm³/mol. The van der Waals surface area contributed by atoms with Crippen LogP contribution < -0.4 is 5.32 Å². The van der Waals surface area contributed by atoms with E-state index in [-0.39, 0.29) is 0 Å². The van der Waals surface area contributed by atoms with Gasteiger partial charge in [0.05, 0.1) is 22.4 Å². The van der Waals surface area contributed by atoms with Crippen molar-refractivity contribution in [2.75, 3.05) is 5.32 Å². The van der Waals surface area contributed by atoms with Crippen molar-refractivity contribution in [2.24, 2.45) is 0 Å². The highest BCUT2D eigenvalue weighted by molar-refractivity contribution is 6.13. The lowest BCUT2D eigenvalue weighted by Crippen LogP contribution is -2.02. The summed E-state index contributed by atoms with van der Waals surface area (Å²) >= 11 is 0. The van der Waals surface area contributed by atoms with Crippen LogP contribution in [0.2, 0.25) is 0 Å². The molecule has 300 valence electrons. The zero-order chi connectivity index (χ0) is 41.9. The third-order valence-corrected chi connectivity index (χ3v) is 12.1. The van der Waals surface area contributed by atoms with Crippen LogP contribution in [0.4, 0.5) is 5.69 Å². The Hall–Kier alpha value is -7.04. The van der Waals surface area contributed by atoms with Gasteiger partial charge in [-0.25, -0.2) is 9.97 Å². The van der Waals surface area contributed by atoms with Gasteiger partial charge in [-0.05, 0) is 152 Å². The van der Waals surface area contributed by atoms with E-state index in [0.717, 1.165) is 77.3 Å². The summed E-state index contributed by atoms with van der Waals surface area (Å²) in [6, 6.07) is 36.2. The van der Waals surface area contributed by atoms with Crippen molar-refractivity contribution >= 4 is 51.3 Å². The maximum atomic E-state index is 5.13. The monoisotopic (exact) mass is 792 g/mol. The van der Waals surface area contributed by atoms with Crippen LogP contribution in [0.1, 0.15) is 80.6 Å². The average molecular weight is 793 g/mol. The Bertz CT molecular complexity index is 3010. The summed E-state index contributed by atoms with van der Waals surface area (Å²) in [5.41, 5.74) is 19.7. The van der Waals surface area contributed by atoms with Gasteiger partial charge in [0, 0.05) is 44.5 Å². The molecule has 4 heteroatoms. The number of para-hydroxylation sites is 1. The van der Waals surface area contributed by atoms with Crippen LogP contribution in [0, 0.1) is 0 Å². The van der Waals surface area contributed by atoms with Crippen molar-refractivity contribution in [3.8, 4) is 39.3 Å². The van der Waals surface area contributed by atoms with Crippen LogP contribution in [-0.2, 0) is 12.8 Å². The van der Waals surface area contributed by atoms with Crippen molar-refractivity contribution < 1.29 is 0 Å². The van der Waals surface area contributed by atoms with Crippen molar-refractivity contribution in [3.63, 3.8) is 0 Å². The number of nitrogens with zero attached hydrogens (tertiary/aromatic N) is 3. The zero-order valence-electron chi connectivity index (χ0n) is 35.7. The third-order valence-electron chi connectivity index (χ3n) is 12.1. The molecule has 5 aromatic carbocycles. The molecule has 0 atom stereocenters. The van der Waals surface area contributed by atoms with Gasteiger partial charge in [0.25, 0.3) is 0 Å². The molecule has 7 aromatic rings. The van der Waals surface area contributed by atoms with E-state index in [1.807, 2.05) is 26.8 Å². The molecule has 1 N–H and O–H groups in total. The molecular formula is C57H52N4. The van der Waals surface area contributed by atoms with Crippen LogP contribution in [-0.4, -0.2) is 14.5 Å². The molecule has 0 spiro atoms. The van der Waals surface area contributed by atoms with E-state index >= 15 is 0 Å². The number of aromatic nitrogens is 3. The molecule has 0 amide bonds. The summed E-state index contributed by atoms with van der Waals surface area (Å²) in [5, 5.41) is 6.32. The van der Waals surface area contributed by atoms with Crippen LogP contribution in [0.3, 0.4) is 0 Å². The maximum absolute atomic E-state index is 5.13. The zero-order valence-corrected chi connectivity index (χ0v) is 35.7. The highest BCUT2D eigenvalue weighted by Gasteiger charge is 2.21. The molecule has 10 rings (SSSR count). The Balaban J connectivity index is 0.00000235. The van der Waals surface area contributed by atoms with Crippen molar-refractivity contribution in [2.45, 2.75) is 59.8 Å². The fourth-order valence-electron chi connectivity index (χ4n) is 9.07. The summed E-state index contributed by atoms with van der Waals surface area (Å²) in [7, 11) is 0. The van der Waals surface area contributed by atoms with Crippen molar-refractivity contribution in [1.82, 2.24) is 14.5 Å². The third kappa shape index (κ3) is 7.33. The van der Waals surface area contributed by atoms with Gasteiger partial charge in [-0.1, -0.05) is 118 Å². The van der Waals surface area contributed by atoms with Crippen LogP contribution in [0.15, 0.2) is 158 Å². The van der Waals surface area contributed by atoms with E-state index in [9.17, 15) is 0 Å². The van der Waals surface area contributed by atoms with Gasteiger partial charge in [0.1, 0.15) is 0 Å². The Morgan fingerprint density at radius 1 is 0.705 bits per heavy atom. The van der Waals surface area contributed by atoms with Crippen molar-refractivity contribution in [1.29, 1.82) is 0 Å². The number of aryl methyl sites for hydroxylation is 2. The Labute approximate surface area is 360 Å². The number of rotatable bonds is 5. The normalized spacial score (nSPS) is 15.5. The average Bonchev–Trinajstić information content (AvgIpc) is 3.46. The van der Waals surface area contributed by atoms with Gasteiger partial charge in [-0.3, -0.25) is 0 Å². The molecule has 3 heterocycles. The lowest BCUT2D eigenvalue weighted by atomic mass is 9.90. The lowest BCUT2D eigenvalue weighted by molar-refractivity contribution is 0.997. The molecule has 0 saturated carbocycles. The number of anilines is 1. The van der Waals surface area contributed by atoms with Crippen LogP contribution in [0.25, 0.3) is 84.9 Å². The van der Waals surface area contributed by atoms with E-state index in [1.54, 1.807) is 0 Å². The van der Waals surface area contributed by atoms with E-state index in [0.29, 0.717) is 5.82 Å². The summed E-state index contributed by atoms with van der Waals surface area (Å²) in [6.07, 6.45) is 28.6. The molecule has 0 unspecified atom stereocenters. The number of hydrogen-bond donors (Lipinski definition) is 1. The Morgan fingerprint density at radius 3 is 2.30 bits per heavy atom. The predicted octanol–water partition coefficient (Wildman–Crippen LogP) is 15.4. The van der Waals surface area contributed by atoms with Gasteiger partial charge < -0.3 is 9.88 Å². The van der Waals surface area contributed by atoms with Gasteiger partial charge in [0.15, 0.2) is 5.82 Å². The maximum Gasteiger partial charge on any atom is 0.160 e. The summed E-state index contributed by atoms with van der Waals surface area (Å²) in [6.45, 7) is 12.2. The minimum absolute atomic E-state index is 0.707. The number of allylic oxidation sites excluding steroid dienone is 9. The van der Waals surface area contributed by atoms with Crippen molar-refractivity contribution in [3.05, 3.63) is 192 Å². The summed E-state index contributed by atoms with van der Waals surface area (Å²) < 4.78 is 2.44. The second kappa shape index (κ2) is 17.3. The topological polar surface area (TPSA) is 42.7 Å². The Morgan fingerprint density at radius 2 is 1.46 bits per heavy atom. The first kappa shape index (κ1) is 39.4. The van der Waals surface area contributed by atoms with Crippen LogP contribution >= 0.6 is 0 Å². The quantitative estimate of drug-likeness (QED) is 0.177. The highest BCUT2D eigenvalue weighted by Crippen LogP contribution is 2.42. The van der Waals surface area contributed by atoms with Crippen LogP contribution in [0.5, 0.6) is 0 Å². The minimum atomic E-state index is 0.707. The molecular weight excluding hydrogens is 741 g/mol. The minimum Gasteiger partial charge on any atom is -0.355 e. The molecule has 0 bridgehead atoms. The van der Waals surface area contributed by atoms with E-state index in [1.165, 1.54) is 60.8 Å². The number of fused-ring (bicyclic) bond motifs is 9. The van der Waals surface area contributed by atoms with Gasteiger partial charge >= 0.3 is 0 Å². The van der Waals surface area contributed by atoms with E-state index in [2.05, 4.69) is 181 Å².